The molecule has 1 aromatic carbocycles. The molecule has 4 heteroatoms. The Balaban J connectivity index is 1.51. The number of imidazole rings is 1. The van der Waals surface area contributed by atoms with Gasteiger partial charge in [0.2, 0.25) is 0 Å². The van der Waals surface area contributed by atoms with Crippen LogP contribution in [0, 0.1) is 5.92 Å². The van der Waals surface area contributed by atoms with Crippen LogP contribution >= 0.6 is 11.6 Å². The molecule has 1 fully saturated rings. The van der Waals surface area contributed by atoms with Gasteiger partial charge in [-0.15, -0.1) is 0 Å². The summed E-state index contributed by atoms with van der Waals surface area (Å²) in [6, 6.07) is 8.18. The Morgan fingerprint density at radius 2 is 2.00 bits per heavy atom. The van der Waals surface area contributed by atoms with Crippen LogP contribution in [0.4, 0.5) is 0 Å². The van der Waals surface area contributed by atoms with Gasteiger partial charge in [0.05, 0.1) is 0 Å². The number of likely N-dealkylation sites (tertiary alicyclic amines) is 1. The fourth-order valence-electron chi connectivity index (χ4n) is 3.29. The van der Waals surface area contributed by atoms with Gasteiger partial charge >= 0.3 is 0 Å². The number of nitrogens with zero attached hydrogens (tertiary/aromatic N) is 3. The van der Waals surface area contributed by atoms with Crippen LogP contribution in [-0.2, 0) is 19.5 Å². The first-order valence-electron chi connectivity index (χ1n) is 8.22. The zero-order valence-electron chi connectivity index (χ0n) is 13.2. The van der Waals surface area contributed by atoms with Crippen molar-refractivity contribution in [3.05, 3.63) is 53.1 Å². The molecule has 2 aromatic rings. The Bertz CT molecular complexity index is 600. The third-order valence-corrected chi connectivity index (χ3v) is 5.00. The summed E-state index contributed by atoms with van der Waals surface area (Å²) in [5.41, 5.74) is 1.24. The third kappa shape index (κ3) is 3.71. The van der Waals surface area contributed by atoms with E-state index in [1.165, 1.54) is 24.2 Å². The van der Waals surface area contributed by atoms with E-state index in [9.17, 15) is 0 Å². The summed E-state index contributed by atoms with van der Waals surface area (Å²) in [5.74, 6) is 1.97. The summed E-state index contributed by atoms with van der Waals surface area (Å²) in [5, 5.41) is 0.885. The molecule has 1 aliphatic heterocycles. The van der Waals surface area contributed by atoms with Crippen molar-refractivity contribution in [3.8, 4) is 0 Å². The Morgan fingerprint density at radius 1 is 1.23 bits per heavy atom. The van der Waals surface area contributed by atoms with Crippen molar-refractivity contribution in [2.75, 3.05) is 13.1 Å². The maximum atomic E-state index is 6.26. The smallest absolute Gasteiger partial charge is 0.108 e. The molecule has 0 bridgehead atoms. The van der Waals surface area contributed by atoms with Crippen LogP contribution in [0.5, 0.6) is 0 Å². The predicted octanol–water partition coefficient (Wildman–Crippen LogP) is 4.01. The number of hydrogen-bond acceptors (Lipinski definition) is 2. The molecule has 0 N–H and O–H groups in total. The minimum absolute atomic E-state index is 0.766. The molecule has 0 atom stereocenters. The Kier molecular flexibility index (Phi) is 5.16. The van der Waals surface area contributed by atoms with E-state index in [0.29, 0.717) is 0 Å². The largest absolute Gasteiger partial charge is 0.335 e. The SMILES string of the molecule is CCc1nccn1CC1CCN(Cc2ccccc2Cl)CC1. The lowest BCUT2D eigenvalue weighted by Crippen LogP contribution is -2.34. The first-order valence-corrected chi connectivity index (χ1v) is 8.60. The number of aryl methyl sites for hydroxylation is 1. The van der Waals surface area contributed by atoms with E-state index in [2.05, 4.69) is 39.7 Å². The Hall–Kier alpha value is -1.32. The molecular weight excluding hydrogens is 294 g/mol. The summed E-state index contributed by atoms with van der Waals surface area (Å²) >= 11 is 6.26. The van der Waals surface area contributed by atoms with Gasteiger partial charge < -0.3 is 4.57 Å². The topological polar surface area (TPSA) is 21.1 Å². The molecule has 3 rings (SSSR count). The van der Waals surface area contributed by atoms with E-state index in [1.54, 1.807) is 0 Å². The molecule has 0 spiro atoms. The van der Waals surface area contributed by atoms with Crippen molar-refractivity contribution < 1.29 is 0 Å². The molecule has 0 aliphatic carbocycles. The van der Waals surface area contributed by atoms with E-state index in [-0.39, 0.29) is 0 Å². The molecule has 0 unspecified atom stereocenters. The Morgan fingerprint density at radius 3 is 2.73 bits per heavy atom. The maximum Gasteiger partial charge on any atom is 0.108 e. The molecule has 0 amide bonds. The van der Waals surface area contributed by atoms with Crippen molar-refractivity contribution in [1.82, 2.24) is 14.5 Å². The first-order chi connectivity index (χ1) is 10.8. The molecule has 3 nitrogen and oxygen atoms in total. The number of halogens is 1. The van der Waals surface area contributed by atoms with Crippen LogP contribution in [0.2, 0.25) is 5.02 Å². The second kappa shape index (κ2) is 7.30. The first kappa shape index (κ1) is 15.6. The van der Waals surface area contributed by atoms with Crippen LogP contribution in [0.3, 0.4) is 0 Å². The lowest BCUT2D eigenvalue weighted by Gasteiger charge is -2.32. The van der Waals surface area contributed by atoms with Crippen LogP contribution in [0.15, 0.2) is 36.7 Å². The predicted molar refractivity (Wildman–Crippen MR) is 91.1 cm³/mol. The van der Waals surface area contributed by atoms with Crippen molar-refractivity contribution >= 4 is 11.6 Å². The summed E-state index contributed by atoms with van der Waals surface area (Å²) in [6.07, 6.45) is 7.57. The van der Waals surface area contributed by atoms with Gasteiger partial charge in [0.25, 0.3) is 0 Å². The highest BCUT2D eigenvalue weighted by Gasteiger charge is 2.20. The highest BCUT2D eigenvalue weighted by atomic mass is 35.5. The normalized spacial score (nSPS) is 17.0. The second-order valence-electron chi connectivity index (χ2n) is 6.16. The minimum Gasteiger partial charge on any atom is -0.335 e. The average Bonchev–Trinajstić information content (AvgIpc) is 2.99. The van der Waals surface area contributed by atoms with Gasteiger partial charge in [0.1, 0.15) is 5.82 Å². The monoisotopic (exact) mass is 317 g/mol. The van der Waals surface area contributed by atoms with Gasteiger partial charge in [-0.1, -0.05) is 36.7 Å². The van der Waals surface area contributed by atoms with E-state index in [4.69, 9.17) is 11.6 Å². The zero-order valence-corrected chi connectivity index (χ0v) is 14.0. The highest BCUT2D eigenvalue weighted by Crippen LogP contribution is 2.23. The molecule has 2 heterocycles. The molecule has 1 aliphatic rings. The lowest BCUT2D eigenvalue weighted by molar-refractivity contribution is 0.166. The molecule has 1 aromatic heterocycles. The fraction of sp³-hybridized carbons (Fsp3) is 0.500. The number of piperidine rings is 1. The summed E-state index contributed by atoms with van der Waals surface area (Å²) in [4.78, 5) is 6.94. The van der Waals surface area contributed by atoms with Gasteiger partial charge in [0.15, 0.2) is 0 Å². The molecule has 0 radical (unpaired) electrons. The molecular formula is C18H24ClN3. The minimum atomic E-state index is 0.766. The second-order valence-corrected chi connectivity index (χ2v) is 6.57. The van der Waals surface area contributed by atoms with Crippen LogP contribution in [-0.4, -0.2) is 27.5 Å². The zero-order chi connectivity index (χ0) is 15.4. The van der Waals surface area contributed by atoms with Crippen molar-refractivity contribution in [2.24, 2.45) is 5.92 Å². The quantitative estimate of drug-likeness (QED) is 0.830. The number of benzene rings is 1. The van der Waals surface area contributed by atoms with Crippen molar-refractivity contribution in [1.29, 1.82) is 0 Å². The van der Waals surface area contributed by atoms with Crippen LogP contribution in [0.25, 0.3) is 0 Å². The fourth-order valence-corrected chi connectivity index (χ4v) is 3.49. The van der Waals surface area contributed by atoms with E-state index >= 15 is 0 Å². The lowest BCUT2D eigenvalue weighted by atomic mass is 9.96. The molecule has 22 heavy (non-hydrogen) atoms. The van der Waals surface area contributed by atoms with E-state index in [0.717, 1.165) is 43.5 Å². The van der Waals surface area contributed by atoms with Crippen LogP contribution < -0.4 is 0 Å². The van der Waals surface area contributed by atoms with Gasteiger partial charge in [-0.25, -0.2) is 4.98 Å². The van der Waals surface area contributed by atoms with Gasteiger partial charge in [-0.3, -0.25) is 4.90 Å². The average molecular weight is 318 g/mol. The number of hydrogen-bond donors (Lipinski definition) is 0. The van der Waals surface area contributed by atoms with E-state index in [1.807, 2.05) is 18.3 Å². The number of rotatable bonds is 5. The van der Waals surface area contributed by atoms with Crippen molar-refractivity contribution in [2.45, 2.75) is 39.3 Å². The number of aromatic nitrogens is 2. The van der Waals surface area contributed by atoms with Gasteiger partial charge in [0, 0.05) is 36.9 Å². The summed E-state index contributed by atoms with van der Waals surface area (Å²) in [6.45, 7) is 6.57. The summed E-state index contributed by atoms with van der Waals surface area (Å²) < 4.78 is 2.33. The molecule has 0 saturated carbocycles. The maximum absolute atomic E-state index is 6.26. The van der Waals surface area contributed by atoms with E-state index < -0.39 is 0 Å². The third-order valence-electron chi connectivity index (χ3n) is 4.63. The standard InChI is InChI=1S/C18H24ClN3/c1-2-18-20-9-12-22(18)13-15-7-10-21(11-8-15)14-16-5-3-4-6-17(16)19/h3-6,9,12,15H,2,7-8,10-11,13-14H2,1H3. The van der Waals surface area contributed by atoms with Crippen LogP contribution in [0.1, 0.15) is 31.2 Å². The van der Waals surface area contributed by atoms with Gasteiger partial charge in [-0.2, -0.15) is 0 Å². The van der Waals surface area contributed by atoms with Gasteiger partial charge in [-0.05, 0) is 43.5 Å². The molecule has 118 valence electrons. The summed E-state index contributed by atoms with van der Waals surface area (Å²) in [7, 11) is 0. The van der Waals surface area contributed by atoms with Crippen molar-refractivity contribution in [3.63, 3.8) is 0 Å². The molecule has 1 saturated heterocycles. The highest BCUT2D eigenvalue weighted by molar-refractivity contribution is 6.31. The Labute approximate surface area is 137 Å².